The van der Waals surface area contributed by atoms with E-state index < -0.39 is 0 Å². The maximum Gasteiger partial charge on any atom is 0.221 e. The average molecular weight is 276 g/mol. The zero-order valence-corrected chi connectivity index (χ0v) is 11.9. The minimum Gasteiger partial charge on any atom is -0.444 e. The van der Waals surface area contributed by atoms with Crippen molar-refractivity contribution in [1.29, 1.82) is 5.26 Å². The largest absolute Gasteiger partial charge is 0.444 e. The van der Waals surface area contributed by atoms with Crippen molar-refractivity contribution in [1.82, 2.24) is 0 Å². The summed E-state index contributed by atoms with van der Waals surface area (Å²) in [6.07, 6.45) is 0. The molecule has 0 saturated heterocycles. The second-order valence-corrected chi connectivity index (χ2v) is 4.60. The van der Waals surface area contributed by atoms with Crippen LogP contribution in [0.25, 0.3) is 0 Å². The molecule has 0 atom stereocenters. The number of allylic oxidation sites excluding steroid dienone is 1. The highest BCUT2D eigenvalue weighted by Crippen LogP contribution is 2.10. The van der Waals surface area contributed by atoms with Crippen molar-refractivity contribution in [2.24, 2.45) is 4.99 Å². The van der Waals surface area contributed by atoms with Crippen molar-refractivity contribution >= 4 is 5.90 Å². The molecule has 0 aliphatic rings. The number of hydrogen-bond donors (Lipinski definition) is 0. The van der Waals surface area contributed by atoms with Crippen LogP contribution >= 0.6 is 0 Å². The summed E-state index contributed by atoms with van der Waals surface area (Å²) in [5.74, 6) is 1.14. The molecule has 0 saturated carbocycles. The SMILES string of the molecule is C=C(C)OC(=NCc1ccc(C#N)cc1)c1ccccc1. The van der Waals surface area contributed by atoms with Crippen LogP contribution in [0, 0.1) is 11.3 Å². The second kappa shape index (κ2) is 7.06. The highest BCUT2D eigenvalue weighted by molar-refractivity contribution is 5.94. The third kappa shape index (κ3) is 4.32. The van der Waals surface area contributed by atoms with Gasteiger partial charge in [-0.05, 0) is 36.8 Å². The van der Waals surface area contributed by atoms with Crippen LogP contribution < -0.4 is 0 Å². The van der Waals surface area contributed by atoms with Crippen LogP contribution in [-0.2, 0) is 11.3 Å². The highest BCUT2D eigenvalue weighted by atomic mass is 16.5. The lowest BCUT2D eigenvalue weighted by atomic mass is 10.1. The predicted octanol–water partition coefficient (Wildman–Crippen LogP) is 4.06. The van der Waals surface area contributed by atoms with Crippen molar-refractivity contribution in [2.45, 2.75) is 13.5 Å². The first-order valence-corrected chi connectivity index (χ1v) is 6.61. The molecule has 0 N–H and O–H groups in total. The van der Waals surface area contributed by atoms with Gasteiger partial charge in [-0.2, -0.15) is 5.26 Å². The van der Waals surface area contributed by atoms with E-state index in [9.17, 15) is 0 Å². The third-order valence-corrected chi connectivity index (χ3v) is 2.78. The lowest BCUT2D eigenvalue weighted by Crippen LogP contribution is -2.05. The van der Waals surface area contributed by atoms with E-state index in [1.165, 1.54) is 0 Å². The van der Waals surface area contributed by atoms with E-state index >= 15 is 0 Å². The molecule has 0 heterocycles. The molecule has 21 heavy (non-hydrogen) atoms. The van der Waals surface area contributed by atoms with E-state index in [2.05, 4.69) is 17.6 Å². The van der Waals surface area contributed by atoms with Gasteiger partial charge < -0.3 is 4.74 Å². The smallest absolute Gasteiger partial charge is 0.221 e. The molecule has 0 aromatic heterocycles. The van der Waals surface area contributed by atoms with Crippen LogP contribution in [0.4, 0.5) is 0 Å². The Morgan fingerprint density at radius 3 is 2.38 bits per heavy atom. The van der Waals surface area contributed by atoms with Gasteiger partial charge >= 0.3 is 0 Å². The number of nitriles is 1. The van der Waals surface area contributed by atoms with Gasteiger partial charge in [0.25, 0.3) is 0 Å². The molecule has 0 fully saturated rings. The Morgan fingerprint density at radius 1 is 1.14 bits per heavy atom. The normalized spacial score (nSPS) is 10.8. The summed E-state index contributed by atoms with van der Waals surface area (Å²) in [5.41, 5.74) is 2.58. The summed E-state index contributed by atoms with van der Waals surface area (Å²) in [4.78, 5) is 4.51. The molecule has 0 aliphatic carbocycles. The molecule has 104 valence electrons. The van der Waals surface area contributed by atoms with Gasteiger partial charge in [0, 0.05) is 5.56 Å². The number of nitrogens with zero attached hydrogens (tertiary/aromatic N) is 2. The Labute approximate surface area is 124 Å². The van der Waals surface area contributed by atoms with Gasteiger partial charge in [-0.3, -0.25) is 0 Å². The fraction of sp³-hybridized carbons (Fsp3) is 0.111. The molecule has 3 nitrogen and oxygen atoms in total. The zero-order valence-electron chi connectivity index (χ0n) is 11.9. The maximum absolute atomic E-state index is 8.79. The summed E-state index contributed by atoms with van der Waals surface area (Å²) in [6.45, 7) is 6.04. The second-order valence-electron chi connectivity index (χ2n) is 4.60. The van der Waals surface area contributed by atoms with E-state index in [0.717, 1.165) is 11.1 Å². The Bertz CT molecular complexity index is 679. The molecular weight excluding hydrogens is 260 g/mol. The average Bonchev–Trinajstić information content (AvgIpc) is 2.52. The Balaban J connectivity index is 2.20. The molecule has 2 aromatic carbocycles. The van der Waals surface area contributed by atoms with Gasteiger partial charge in [0.1, 0.15) is 0 Å². The molecule has 2 rings (SSSR count). The van der Waals surface area contributed by atoms with E-state index in [1.54, 1.807) is 19.1 Å². The molecular formula is C18H16N2O. The number of ether oxygens (including phenoxy) is 1. The fourth-order valence-electron chi connectivity index (χ4n) is 1.78. The minimum absolute atomic E-state index is 0.489. The van der Waals surface area contributed by atoms with Crippen molar-refractivity contribution < 1.29 is 4.74 Å². The van der Waals surface area contributed by atoms with Crippen LogP contribution in [0.3, 0.4) is 0 Å². The van der Waals surface area contributed by atoms with Crippen LogP contribution in [0.15, 0.2) is 71.9 Å². The summed E-state index contributed by atoms with van der Waals surface area (Å²) in [5, 5.41) is 8.79. The number of aliphatic imine (C=N–C) groups is 1. The molecule has 0 bridgehead atoms. The van der Waals surface area contributed by atoms with Gasteiger partial charge in [0.15, 0.2) is 0 Å². The van der Waals surface area contributed by atoms with Crippen molar-refractivity contribution in [2.75, 3.05) is 0 Å². The fourth-order valence-corrected chi connectivity index (χ4v) is 1.78. The molecule has 0 unspecified atom stereocenters. The lowest BCUT2D eigenvalue weighted by Gasteiger charge is -2.09. The first-order valence-electron chi connectivity index (χ1n) is 6.61. The molecule has 0 radical (unpaired) electrons. The van der Waals surface area contributed by atoms with Crippen molar-refractivity contribution in [3.05, 3.63) is 83.6 Å². The Morgan fingerprint density at radius 2 is 1.81 bits per heavy atom. The topological polar surface area (TPSA) is 45.4 Å². The summed E-state index contributed by atoms with van der Waals surface area (Å²) < 4.78 is 5.61. The van der Waals surface area contributed by atoms with Gasteiger partial charge in [-0.25, -0.2) is 4.99 Å². The Kier molecular flexibility index (Phi) is 4.89. The monoisotopic (exact) mass is 276 g/mol. The van der Waals surface area contributed by atoms with Gasteiger partial charge in [-0.15, -0.1) is 0 Å². The van der Waals surface area contributed by atoms with Crippen LogP contribution in [0.5, 0.6) is 0 Å². The van der Waals surface area contributed by atoms with E-state index in [-0.39, 0.29) is 0 Å². The van der Waals surface area contributed by atoms with Crippen LogP contribution in [-0.4, -0.2) is 5.90 Å². The van der Waals surface area contributed by atoms with Gasteiger partial charge in [-0.1, -0.05) is 36.9 Å². The lowest BCUT2D eigenvalue weighted by molar-refractivity contribution is 0.419. The van der Waals surface area contributed by atoms with E-state index in [1.807, 2.05) is 42.5 Å². The molecule has 0 amide bonds. The summed E-state index contributed by atoms with van der Waals surface area (Å²) >= 11 is 0. The highest BCUT2D eigenvalue weighted by Gasteiger charge is 2.05. The van der Waals surface area contributed by atoms with Crippen molar-refractivity contribution in [3.63, 3.8) is 0 Å². The summed E-state index contributed by atoms with van der Waals surface area (Å²) in [6, 6.07) is 19.2. The van der Waals surface area contributed by atoms with Crippen LogP contribution in [0.2, 0.25) is 0 Å². The van der Waals surface area contributed by atoms with Crippen molar-refractivity contribution in [3.8, 4) is 6.07 Å². The molecule has 2 aromatic rings. The minimum atomic E-state index is 0.489. The molecule has 3 heteroatoms. The third-order valence-electron chi connectivity index (χ3n) is 2.78. The van der Waals surface area contributed by atoms with E-state index in [4.69, 9.17) is 10.00 Å². The maximum atomic E-state index is 8.79. The van der Waals surface area contributed by atoms with Gasteiger partial charge in [0.2, 0.25) is 5.90 Å². The Hall–Kier alpha value is -2.86. The van der Waals surface area contributed by atoms with E-state index in [0.29, 0.717) is 23.8 Å². The first-order chi connectivity index (χ1) is 10.2. The van der Waals surface area contributed by atoms with Crippen LogP contribution in [0.1, 0.15) is 23.6 Å². The summed E-state index contributed by atoms with van der Waals surface area (Å²) in [7, 11) is 0. The quantitative estimate of drug-likeness (QED) is 0.480. The predicted molar refractivity (Wildman–Crippen MR) is 83.7 cm³/mol. The molecule has 0 spiro atoms. The molecule has 0 aliphatic heterocycles. The number of benzene rings is 2. The number of hydrogen-bond acceptors (Lipinski definition) is 3. The zero-order chi connectivity index (χ0) is 15.1. The standard InChI is InChI=1S/C18H16N2O/c1-14(2)21-18(17-6-4-3-5-7-17)20-13-16-10-8-15(12-19)9-11-16/h3-11H,1,13H2,2H3. The van der Waals surface area contributed by atoms with Gasteiger partial charge in [0.05, 0.1) is 23.9 Å². The first kappa shape index (κ1) is 14.5. The number of rotatable bonds is 4.